The van der Waals surface area contributed by atoms with E-state index in [1.807, 2.05) is 21.2 Å². The van der Waals surface area contributed by atoms with Crippen LogP contribution in [-0.2, 0) is 16.0 Å². The van der Waals surface area contributed by atoms with Crippen molar-refractivity contribution < 1.29 is 23.8 Å². The van der Waals surface area contributed by atoms with E-state index in [1.54, 1.807) is 35.6 Å². The van der Waals surface area contributed by atoms with Crippen LogP contribution in [0.1, 0.15) is 16.5 Å². The van der Waals surface area contributed by atoms with Gasteiger partial charge in [0, 0.05) is 30.6 Å². The molecule has 8 heteroatoms. The second kappa shape index (κ2) is 12.6. The molecule has 1 aromatic carbocycles. The molecule has 0 unspecified atom stereocenters. The summed E-state index contributed by atoms with van der Waals surface area (Å²) in [7, 11) is 0. The lowest BCUT2D eigenvalue weighted by atomic mass is 10.0. The Morgan fingerprint density at radius 1 is 1.36 bits per heavy atom. The topological polar surface area (TPSA) is 62.2 Å². The molecule has 0 saturated carbocycles. The number of aliphatic hydroxyl groups is 1. The number of fused-ring (bicyclic) bond motifs is 1. The number of benzene rings is 1. The van der Waals surface area contributed by atoms with Crippen LogP contribution in [0.2, 0.25) is 0 Å². The summed E-state index contributed by atoms with van der Waals surface area (Å²) >= 11 is 1.68. The minimum Gasteiger partial charge on any atom is -0.491 e. The van der Waals surface area contributed by atoms with Crippen molar-refractivity contribution in [2.75, 3.05) is 46.0 Å². The van der Waals surface area contributed by atoms with Crippen molar-refractivity contribution in [2.45, 2.75) is 18.6 Å². The Kier molecular flexibility index (Phi) is 9.62. The summed E-state index contributed by atoms with van der Waals surface area (Å²) in [5.74, 6) is 0.0115. The van der Waals surface area contributed by atoms with E-state index < -0.39 is 6.10 Å². The van der Waals surface area contributed by atoms with Gasteiger partial charge in [0.05, 0.1) is 31.9 Å². The molecule has 1 aliphatic rings. The molecule has 33 heavy (non-hydrogen) atoms. The monoisotopic (exact) mass is 474 g/mol. The predicted molar refractivity (Wildman–Crippen MR) is 128 cm³/mol. The summed E-state index contributed by atoms with van der Waals surface area (Å²) in [5, 5.41) is 12.3. The maximum atomic E-state index is 13.6. The Balaban J connectivity index is 1.67. The number of hydrogen-bond acceptors (Lipinski definition) is 6. The SMILES string of the molecule is C=CCOC[C@H](O)CN(CC=C)CC(=O)N1CCc2sccc2[C@@H]1COc1cccc(F)c1. The minimum absolute atomic E-state index is 0.0549. The van der Waals surface area contributed by atoms with E-state index in [-0.39, 0.29) is 44.1 Å². The minimum atomic E-state index is -0.727. The normalized spacial score (nSPS) is 16.3. The van der Waals surface area contributed by atoms with Gasteiger partial charge in [0.2, 0.25) is 5.91 Å². The van der Waals surface area contributed by atoms with E-state index in [0.717, 1.165) is 12.0 Å². The van der Waals surface area contributed by atoms with E-state index >= 15 is 0 Å². The molecule has 0 radical (unpaired) electrons. The van der Waals surface area contributed by atoms with Crippen molar-refractivity contribution in [3.63, 3.8) is 0 Å². The molecule has 2 aromatic rings. The fourth-order valence-electron chi connectivity index (χ4n) is 3.91. The van der Waals surface area contributed by atoms with Crippen molar-refractivity contribution >= 4 is 17.2 Å². The zero-order chi connectivity index (χ0) is 23.6. The van der Waals surface area contributed by atoms with Gasteiger partial charge >= 0.3 is 0 Å². The molecule has 3 rings (SSSR count). The summed E-state index contributed by atoms with van der Waals surface area (Å²) in [6.45, 7) is 9.59. The van der Waals surface area contributed by atoms with Gasteiger partial charge in [-0.25, -0.2) is 4.39 Å². The molecule has 2 heterocycles. The van der Waals surface area contributed by atoms with Crippen LogP contribution < -0.4 is 4.74 Å². The molecule has 0 aliphatic carbocycles. The number of thiophene rings is 1. The Morgan fingerprint density at radius 2 is 2.21 bits per heavy atom. The van der Waals surface area contributed by atoms with Crippen LogP contribution in [0.4, 0.5) is 4.39 Å². The standard InChI is InChI=1S/C25H31FN2O4S/c1-3-10-27(15-20(29)17-31-12-4-2)16-25(30)28-11-8-24-22(9-13-33-24)23(28)18-32-21-7-5-6-19(26)14-21/h3-7,9,13-14,20,23,29H,1-2,8,10-12,15-18H2/t20-,23+/m1/s1. The summed E-state index contributed by atoms with van der Waals surface area (Å²) in [6.07, 6.45) is 3.39. The average molecular weight is 475 g/mol. The van der Waals surface area contributed by atoms with E-state index in [1.165, 1.54) is 17.0 Å². The highest BCUT2D eigenvalue weighted by Gasteiger charge is 2.33. The van der Waals surface area contributed by atoms with Gasteiger partial charge in [-0.2, -0.15) is 0 Å². The van der Waals surface area contributed by atoms with Crippen LogP contribution >= 0.6 is 11.3 Å². The lowest BCUT2D eigenvalue weighted by Gasteiger charge is -2.37. The summed E-state index contributed by atoms with van der Waals surface area (Å²) < 4.78 is 24.8. The fourth-order valence-corrected chi connectivity index (χ4v) is 4.84. The zero-order valence-electron chi connectivity index (χ0n) is 18.7. The molecule has 6 nitrogen and oxygen atoms in total. The molecular formula is C25H31FN2O4S. The first kappa shape index (κ1) is 25.1. The smallest absolute Gasteiger partial charge is 0.237 e. The molecule has 1 aliphatic heterocycles. The number of aliphatic hydroxyl groups excluding tert-OH is 1. The Bertz CT molecular complexity index is 935. The molecule has 0 spiro atoms. The quantitative estimate of drug-likeness (QED) is 0.356. The number of ether oxygens (including phenoxy) is 2. The second-order valence-corrected chi connectivity index (χ2v) is 8.88. The Morgan fingerprint density at radius 3 is 2.97 bits per heavy atom. The maximum Gasteiger partial charge on any atom is 0.237 e. The largest absolute Gasteiger partial charge is 0.491 e. The number of rotatable bonds is 13. The number of carbonyl (C=O) groups excluding carboxylic acids is 1. The van der Waals surface area contributed by atoms with Gasteiger partial charge in [-0.3, -0.25) is 9.69 Å². The predicted octanol–water partition coefficient (Wildman–Crippen LogP) is 3.44. The summed E-state index contributed by atoms with van der Waals surface area (Å²) in [5.41, 5.74) is 1.07. The van der Waals surface area contributed by atoms with Gasteiger partial charge in [-0.05, 0) is 35.6 Å². The Hall–Kier alpha value is -2.52. The van der Waals surface area contributed by atoms with Gasteiger partial charge in [-0.1, -0.05) is 18.2 Å². The third-order valence-electron chi connectivity index (χ3n) is 5.38. The van der Waals surface area contributed by atoms with Crippen molar-refractivity contribution in [1.29, 1.82) is 0 Å². The highest BCUT2D eigenvalue weighted by atomic mass is 32.1. The van der Waals surface area contributed by atoms with Crippen LogP contribution in [-0.4, -0.2) is 72.9 Å². The van der Waals surface area contributed by atoms with Crippen molar-refractivity contribution in [2.24, 2.45) is 0 Å². The number of halogens is 1. The number of hydrogen-bond donors (Lipinski definition) is 1. The van der Waals surface area contributed by atoms with Crippen LogP contribution in [0.15, 0.2) is 61.0 Å². The highest BCUT2D eigenvalue weighted by Crippen LogP contribution is 2.34. The fraction of sp³-hybridized carbons (Fsp3) is 0.400. The van der Waals surface area contributed by atoms with Crippen molar-refractivity contribution in [3.05, 3.63) is 77.3 Å². The summed E-state index contributed by atoms with van der Waals surface area (Å²) in [4.78, 5) is 18.3. The van der Waals surface area contributed by atoms with Crippen LogP contribution in [0, 0.1) is 5.82 Å². The van der Waals surface area contributed by atoms with Crippen LogP contribution in [0.25, 0.3) is 0 Å². The summed E-state index contributed by atoms with van der Waals surface area (Å²) in [6, 6.07) is 7.77. The van der Waals surface area contributed by atoms with Crippen LogP contribution in [0.5, 0.6) is 5.75 Å². The molecule has 0 fully saturated rings. The molecular weight excluding hydrogens is 443 g/mol. The first-order valence-electron chi connectivity index (χ1n) is 11.0. The maximum absolute atomic E-state index is 13.6. The van der Waals surface area contributed by atoms with Gasteiger partial charge in [0.25, 0.3) is 0 Å². The first-order chi connectivity index (χ1) is 16.0. The van der Waals surface area contributed by atoms with Gasteiger partial charge in [0.1, 0.15) is 18.2 Å². The molecule has 1 amide bonds. The van der Waals surface area contributed by atoms with E-state index in [2.05, 4.69) is 13.2 Å². The molecule has 1 aromatic heterocycles. The zero-order valence-corrected chi connectivity index (χ0v) is 19.5. The molecule has 2 atom stereocenters. The highest BCUT2D eigenvalue weighted by molar-refractivity contribution is 7.10. The average Bonchev–Trinajstić information content (AvgIpc) is 3.27. The molecule has 0 bridgehead atoms. The second-order valence-electron chi connectivity index (χ2n) is 7.88. The van der Waals surface area contributed by atoms with E-state index in [0.29, 0.717) is 25.4 Å². The number of amides is 1. The van der Waals surface area contributed by atoms with Crippen molar-refractivity contribution in [3.8, 4) is 5.75 Å². The van der Waals surface area contributed by atoms with Crippen LogP contribution in [0.3, 0.4) is 0 Å². The molecule has 1 N–H and O–H groups in total. The van der Waals surface area contributed by atoms with E-state index in [9.17, 15) is 14.3 Å². The lowest BCUT2D eigenvalue weighted by Crippen LogP contribution is -2.48. The van der Waals surface area contributed by atoms with Gasteiger partial charge in [0.15, 0.2) is 0 Å². The Labute approximate surface area is 198 Å². The lowest BCUT2D eigenvalue weighted by molar-refractivity contribution is -0.136. The van der Waals surface area contributed by atoms with E-state index in [4.69, 9.17) is 9.47 Å². The third kappa shape index (κ3) is 7.23. The molecule has 0 saturated heterocycles. The number of carbonyl (C=O) groups is 1. The third-order valence-corrected chi connectivity index (χ3v) is 6.38. The molecule has 178 valence electrons. The number of nitrogens with zero attached hydrogens (tertiary/aromatic N) is 2. The van der Waals surface area contributed by atoms with Gasteiger partial charge < -0.3 is 19.5 Å². The van der Waals surface area contributed by atoms with Gasteiger partial charge in [-0.15, -0.1) is 24.5 Å². The first-order valence-corrected chi connectivity index (χ1v) is 11.8. The van der Waals surface area contributed by atoms with Crippen molar-refractivity contribution in [1.82, 2.24) is 9.80 Å².